The van der Waals surface area contributed by atoms with Crippen LogP contribution in [0.25, 0.3) is 0 Å². The second-order valence-electron chi connectivity index (χ2n) is 12.6. The molecule has 168 valence electrons. The summed E-state index contributed by atoms with van der Waals surface area (Å²) in [5, 5.41) is 11.7. The highest BCUT2D eigenvalue weighted by Crippen LogP contribution is 2.73. The number of hydrogen-bond donors (Lipinski definition) is 1. The van der Waals surface area contributed by atoms with Gasteiger partial charge in [0.25, 0.3) is 0 Å². The molecular weight excluding hydrogens is 372 g/mol. The molecule has 30 heavy (non-hydrogen) atoms. The standard InChI is InChI=1S/C27H42O3/c1-7-24(3)12-8-13-25(4)18(24)11-14-26(5)19-10-9-17-16(2)30-23(29)22(17)27(19,6)21(28)15-20(25)26/h16,18-21,28H,7-15H2,1-6H3/t16-,18+,19+,20+,21-,24-,25-,26-,27+/m0/s1. The lowest BCUT2D eigenvalue weighted by atomic mass is 9.35. The third-order valence-corrected chi connectivity index (χ3v) is 11.7. The summed E-state index contributed by atoms with van der Waals surface area (Å²) in [4.78, 5) is 12.9. The van der Waals surface area contributed by atoms with E-state index in [4.69, 9.17) is 4.74 Å². The first-order chi connectivity index (χ1) is 14.0. The van der Waals surface area contributed by atoms with Crippen LogP contribution >= 0.6 is 0 Å². The molecule has 5 aliphatic rings. The second-order valence-corrected chi connectivity index (χ2v) is 12.6. The minimum Gasteiger partial charge on any atom is -0.455 e. The van der Waals surface area contributed by atoms with Crippen LogP contribution in [0, 0.1) is 39.4 Å². The van der Waals surface area contributed by atoms with Gasteiger partial charge in [0.15, 0.2) is 0 Å². The molecule has 0 aromatic heterocycles. The monoisotopic (exact) mass is 414 g/mol. The van der Waals surface area contributed by atoms with Gasteiger partial charge >= 0.3 is 5.97 Å². The SMILES string of the molecule is CC[C@@]1(C)CCC[C@]2(C)[C@H]3C[C@H](O)[C@]4(C)C5=C(CC[C@@H]4[C@]3(C)CC[C@H]12)[C@H](C)OC5=O. The smallest absolute Gasteiger partial charge is 0.335 e. The molecule has 5 rings (SSSR count). The van der Waals surface area contributed by atoms with Crippen molar-refractivity contribution in [3.05, 3.63) is 11.1 Å². The average molecular weight is 415 g/mol. The van der Waals surface area contributed by atoms with E-state index in [0.717, 1.165) is 30.8 Å². The third kappa shape index (κ3) is 2.34. The van der Waals surface area contributed by atoms with Crippen molar-refractivity contribution < 1.29 is 14.6 Å². The van der Waals surface area contributed by atoms with Crippen molar-refractivity contribution >= 4 is 5.97 Å². The number of rotatable bonds is 1. The fraction of sp³-hybridized carbons (Fsp3) is 0.889. The number of aliphatic hydroxyl groups is 1. The van der Waals surface area contributed by atoms with Crippen molar-refractivity contribution in [1.82, 2.24) is 0 Å². The molecule has 0 radical (unpaired) electrons. The Kier molecular flexibility index (Phi) is 4.46. The number of esters is 1. The highest BCUT2D eigenvalue weighted by Gasteiger charge is 2.69. The fourth-order valence-electron chi connectivity index (χ4n) is 10.0. The molecule has 0 aromatic rings. The molecule has 1 aliphatic heterocycles. The molecular formula is C27H42O3. The maximum Gasteiger partial charge on any atom is 0.335 e. The Bertz CT molecular complexity index is 800. The third-order valence-electron chi connectivity index (χ3n) is 11.7. The van der Waals surface area contributed by atoms with E-state index >= 15 is 0 Å². The molecule has 3 saturated carbocycles. The predicted octanol–water partition coefficient (Wildman–Crippen LogP) is 6.05. The number of aliphatic hydroxyl groups excluding tert-OH is 1. The van der Waals surface area contributed by atoms with Crippen LogP contribution in [0.1, 0.15) is 99.3 Å². The average Bonchev–Trinajstić information content (AvgIpc) is 2.98. The van der Waals surface area contributed by atoms with E-state index in [0.29, 0.717) is 22.7 Å². The van der Waals surface area contributed by atoms with E-state index in [1.54, 1.807) is 0 Å². The Labute approximate surface area is 183 Å². The van der Waals surface area contributed by atoms with Gasteiger partial charge in [0.2, 0.25) is 0 Å². The van der Waals surface area contributed by atoms with Crippen molar-refractivity contribution in [2.24, 2.45) is 39.4 Å². The summed E-state index contributed by atoms with van der Waals surface area (Å²) in [6, 6.07) is 0. The topological polar surface area (TPSA) is 46.5 Å². The van der Waals surface area contributed by atoms with Gasteiger partial charge < -0.3 is 9.84 Å². The molecule has 0 amide bonds. The summed E-state index contributed by atoms with van der Waals surface area (Å²) < 4.78 is 5.66. The van der Waals surface area contributed by atoms with Gasteiger partial charge in [0.1, 0.15) is 6.10 Å². The van der Waals surface area contributed by atoms with E-state index in [1.165, 1.54) is 44.1 Å². The quantitative estimate of drug-likeness (QED) is 0.531. The van der Waals surface area contributed by atoms with Crippen LogP contribution in [0.15, 0.2) is 11.1 Å². The number of ether oxygens (including phenoxy) is 1. The van der Waals surface area contributed by atoms with Crippen molar-refractivity contribution in [1.29, 1.82) is 0 Å². The normalized spacial score (nSPS) is 55.3. The molecule has 1 N–H and O–H groups in total. The van der Waals surface area contributed by atoms with Crippen LogP contribution in [0.4, 0.5) is 0 Å². The first kappa shape index (κ1) is 21.0. The molecule has 0 bridgehead atoms. The van der Waals surface area contributed by atoms with E-state index in [1.807, 2.05) is 6.92 Å². The van der Waals surface area contributed by atoms with Crippen molar-refractivity contribution in [3.63, 3.8) is 0 Å². The Hall–Kier alpha value is -0.830. The summed E-state index contributed by atoms with van der Waals surface area (Å²) >= 11 is 0. The van der Waals surface area contributed by atoms with Crippen LogP contribution in [0.2, 0.25) is 0 Å². The van der Waals surface area contributed by atoms with Crippen LogP contribution in [0.3, 0.4) is 0 Å². The van der Waals surface area contributed by atoms with Crippen molar-refractivity contribution in [2.75, 3.05) is 0 Å². The molecule has 3 fully saturated rings. The molecule has 1 heterocycles. The van der Waals surface area contributed by atoms with E-state index in [2.05, 4.69) is 34.6 Å². The van der Waals surface area contributed by atoms with Gasteiger partial charge in [-0.15, -0.1) is 0 Å². The van der Waals surface area contributed by atoms with Gasteiger partial charge in [-0.2, -0.15) is 0 Å². The zero-order chi connectivity index (χ0) is 21.7. The minimum atomic E-state index is -0.452. The molecule has 3 nitrogen and oxygen atoms in total. The Morgan fingerprint density at radius 2 is 1.70 bits per heavy atom. The molecule has 4 aliphatic carbocycles. The number of carbonyl (C=O) groups excluding carboxylic acids is 1. The first-order valence-electron chi connectivity index (χ1n) is 12.6. The highest BCUT2D eigenvalue weighted by atomic mass is 16.5. The minimum absolute atomic E-state index is 0.111. The van der Waals surface area contributed by atoms with Gasteiger partial charge in [0, 0.05) is 11.0 Å². The molecule has 0 aromatic carbocycles. The highest BCUT2D eigenvalue weighted by molar-refractivity contribution is 5.94. The van der Waals surface area contributed by atoms with Gasteiger partial charge in [-0.05, 0) is 91.4 Å². The number of fused-ring (bicyclic) bond motifs is 6. The van der Waals surface area contributed by atoms with Crippen LogP contribution in [-0.2, 0) is 9.53 Å². The first-order valence-corrected chi connectivity index (χ1v) is 12.6. The Morgan fingerprint density at radius 1 is 1.00 bits per heavy atom. The zero-order valence-electron chi connectivity index (χ0n) is 20.0. The largest absolute Gasteiger partial charge is 0.455 e. The maximum absolute atomic E-state index is 12.9. The van der Waals surface area contributed by atoms with E-state index < -0.39 is 11.5 Å². The number of cyclic esters (lactones) is 1. The molecule has 3 heteroatoms. The number of carbonyl (C=O) groups is 1. The number of hydrogen-bond acceptors (Lipinski definition) is 3. The zero-order valence-corrected chi connectivity index (χ0v) is 20.0. The van der Waals surface area contributed by atoms with Crippen molar-refractivity contribution in [2.45, 2.75) is 112 Å². The van der Waals surface area contributed by atoms with Crippen LogP contribution < -0.4 is 0 Å². The molecule has 0 spiro atoms. The van der Waals surface area contributed by atoms with Gasteiger partial charge in [-0.25, -0.2) is 4.79 Å². The summed E-state index contributed by atoms with van der Waals surface area (Å²) in [5.74, 6) is 1.51. The van der Waals surface area contributed by atoms with Crippen molar-refractivity contribution in [3.8, 4) is 0 Å². The van der Waals surface area contributed by atoms with E-state index in [-0.39, 0.29) is 17.5 Å². The molecule has 0 saturated heterocycles. The summed E-state index contributed by atoms with van der Waals surface area (Å²) in [6.45, 7) is 14.2. The summed E-state index contributed by atoms with van der Waals surface area (Å²) in [7, 11) is 0. The lowest BCUT2D eigenvalue weighted by molar-refractivity contribution is -0.220. The predicted molar refractivity (Wildman–Crippen MR) is 119 cm³/mol. The maximum atomic E-state index is 12.9. The lowest BCUT2D eigenvalue weighted by Crippen LogP contribution is -2.65. The fourth-order valence-corrected chi connectivity index (χ4v) is 10.0. The summed E-state index contributed by atoms with van der Waals surface area (Å²) in [6.07, 6.45) is 10.1. The Balaban J connectivity index is 1.59. The molecule has 9 atom stereocenters. The van der Waals surface area contributed by atoms with Crippen LogP contribution in [-0.4, -0.2) is 23.3 Å². The van der Waals surface area contributed by atoms with Crippen LogP contribution in [0.5, 0.6) is 0 Å². The van der Waals surface area contributed by atoms with Gasteiger partial charge in [0.05, 0.1) is 6.10 Å². The van der Waals surface area contributed by atoms with E-state index in [9.17, 15) is 9.90 Å². The Morgan fingerprint density at radius 3 is 2.40 bits per heavy atom. The van der Waals surface area contributed by atoms with Gasteiger partial charge in [-0.3, -0.25) is 0 Å². The lowest BCUT2D eigenvalue weighted by Gasteiger charge is -2.70. The van der Waals surface area contributed by atoms with Gasteiger partial charge in [-0.1, -0.05) is 47.5 Å². The summed E-state index contributed by atoms with van der Waals surface area (Å²) in [5.41, 5.74) is 2.51. The molecule has 0 unspecified atom stereocenters. The second kappa shape index (κ2) is 6.36.